The van der Waals surface area contributed by atoms with Crippen molar-refractivity contribution in [2.45, 2.75) is 5.41 Å². The first-order valence-corrected chi connectivity index (χ1v) is 26.6. The van der Waals surface area contributed by atoms with Gasteiger partial charge in [0.15, 0.2) is 17.5 Å². The standard InChI is InChI=1S/C70H39N3O2S/c1-7-30-54-44(19-1)45-20-2-8-31-55(45)70(54)56-32-9-3-21-46(56)48-26-14-25-43(65(48)70)41-18-13-17-40(39-41)42-37-38-60-63(51-24-5-11-34-58(51)75-60)64(42)69-72-67(52-28-16-35-59-62(52)50-23-4-10-33-57(50)74-59)71-68(73-69)53-29-15-27-49-47-22-6-12-36-61(47)76-66(49)53/h1-39H. The third kappa shape index (κ3) is 5.65. The molecule has 15 aromatic rings. The number of rotatable bonds is 5. The Kier molecular flexibility index (Phi) is 8.58. The molecule has 0 atom stereocenters. The molecule has 6 heteroatoms. The van der Waals surface area contributed by atoms with Gasteiger partial charge in [-0.25, -0.2) is 15.0 Å². The number of hydrogen-bond donors (Lipinski definition) is 0. The van der Waals surface area contributed by atoms with E-state index in [-0.39, 0.29) is 0 Å². The van der Waals surface area contributed by atoms with E-state index in [4.69, 9.17) is 23.8 Å². The van der Waals surface area contributed by atoms with Gasteiger partial charge >= 0.3 is 0 Å². The molecule has 5 nitrogen and oxygen atoms in total. The van der Waals surface area contributed by atoms with E-state index in [2.05, 4.69) is 200 Å². The van der Waals surface area contributed by atoms with Gasteiger partial charge in [-0.15, -0.1) is 11.3 Å². The van der Waals surface area contributed by atoms with Crippen LogP contribution in [0.1, 0.15) is 22.3 Å². The first-order valence-electron chi connectivity index (χ1n) is 25.7. The summed E-state index contributed by atoms with van der Waals surface area (Å²) in [6.45, 7) is 0. The molecule has 11 aromatic carbocycles. The van der Waals surface area contributed by atoms with E-state index in [1.807, 2.05) is 36.4 Å². The van der Waals surface area contributed by atoms with Crippen LogP contribution in [0, 0.1) is 0 Å². The SMILES string of the molecule is c1cc(-c2cccc3c2C2(c4ccccc4-c4ccccc42)c2ccccc2-3)cc(-c2ccc3oc4ccccc4c3c2-c2nc(-c3cccc4c3sc3ccccc34)nc(-c3cccc4oc5ccccc5c34)n2)c1. The summed E-state index contributed by atoms with van der Waals surface area (Å²) in [5.74, 6) is 1.70. The highest BCUT2D eigenvalue weighted by Gasteiger charge is 2.52. The maximum atomic E-state index is 6.73. The highest BCUT2D eigenvalue weighted by Crippen LogP contribution is 2.64. The number of benzene rings is 11. The van der Waals surface area contributed by atoms with Crippen LogP contribution in [0.2, 0.25) is 0 Å². The Hall–Kier alpha value is -9.75. The Morgan fingerprint density at radius 1 is 0.316 bits per heavy atom. The van der Waals surface area contributed by atoms with Crippen molar-refractivity contribution in [2.75, 3.05) is 0 Å². The minimum Gasteiger partial charge on any atom is -0.456 e. The lowest BCUT2D eigenvalue weighted by Crippen LogP contribution is -2.26. The molecule has 0 bridgehead atoms. The molecule has 1 spiro atoms. The second-order valence-electron chi connectivity index (χ2n) is 20.0. The Morgan fingerprint density at radius 3 is 1.53 bits per heavy atom. The second-order valence-corrected chi connectivity index (χ2v) is 21.1. The molecule has 0 fully saturated rings. The molecule has 0 N–H and O–H groups in total. The smallest absolute Gasteiger partial charge is 0.165 e. The Bertz CT molecular complexity index is 4920. The lowest BCUT2D eigenvalue weighted by Gasteiger charge is -2.32. The fourth-order valence-corrected chi connectivity index (χ4v) is 14.4. The molecule has 76 heavy (non-hydrogen) atoms. The van der Waals surface area contributed by atoms with Crippen LogP contribution < -0.4 is 0 Å². The van der Waals surface area contributed by atoms with Crippen molar-refractivity contribution in [1.29, 1.82) is 0 Å². The summed E-state index contributed by atoms with van der Waals surface area (Å²) in [6.07, 6.45) is 0. The highest BCUT2D eigenvalue weighted by atomic mass is 32.1. The topological polar surface area (TPSA) is 65.0 Å². The largest absolute Gasteiger partial charge is 0.456 e. The van der Waals surface area contributed by atoms with Crippen molar-refractivity contribution in [3.8, 4) is 78.7 Å². The number of aromatic nitrogens is 3. The molecule has 2 aliphatic carbocycles. The van der Waals surface area contributed by atoms with E-state index in [0.717, 1.165) is 82.0 Å². The van der Waals surface area contributed by atoms with E-state index in [9.17, 15) is 0 Å². The second kappa shape index (κ2) is 15.6. The first-order chi connectivity index (χ1) is 37.7. The zero-order valence-corrected chi connectivity index (χ0v) is 41.4. The average Bonchev–Trinajstić information content (AvgIpc) is 4.39. The first kappa shape index (κ1) is 41.7. The molecule has 0 aliphatic heterocycles. The highest BCUT2D eigenvalue weighted by molar-refractivity contribution is 7.26. The molecule has 4 aromatic heterocycles. The van der Waals surface area contributed by atoms with Crippen LogP contribution >= 0.6 is 11.3 Å². The van der Waals surface area contributed by atoms with E-state index >= 15 is 0 Å². The minimum atomic E-state index is -0.510. The summed E-state index contributed by atoms with van der Waals surface area (Å²) in [5, 5.41) is 6.29. The zero-order chi connectivity index (χ0) is 49.6. The third-order valence-electron chi connectivity index (χ3n) is 16.2. The summed E-state index contributed by atoms with van der Waals surface area (Å²) in [4.78, 5) is 16.7. The predicted molar refractivity (Wildman–Crippen MR) is 311 cm³/mol. The van der Waals surface area contributed by atoms with Crippen LogP contribution in [0.5, 0.6) is 0 Å². The maximum Gasteiger partial charge on any atom is 0.165 e. The summed E-state index contributed by atoms with van der Waals surface area (Å²) < 4.78 is 15.6. The van der Waals surface area contributed by atoms with Gasteiger partial charge in [0.25, 0.3) is 0 Å². The quantitative estimate of drug-likeness (QED) is 0.172. The van der Waals surface area contributed by atoms with Crippen molar-refractivity contribution >= 4 is 75.4 Å². The van der Waals surface area contributed by atoms with Crippen molar-refractivity contribution in [1.82, 2.24) is 15.0 Å². The average molecular weight is 986 g/mol. The van der Waals surface area contributed by atoms with Gasteiger partial charge in [0.1, 0.15) is 22.3 Å². The molecule has 0 saturated heterocycles. The maximum absolute atomic E-state index is 6.73. The van der Waals surface area contributed by atoms with Crippen molar-refractivity contribution in [2.24, 2.45) is 0 Å². The monoisotopic (exact) mass is 985 g/mol. The van der Waals surface area contributed by atoms with Crippen molar-refractivity contribution in [3.63, 3.8) is 0 Å². The predicted octanol–water partition coefficient (Wildman–Crippen LogP) is 18.7. The number of hydrogen-bond acceptors (Lipinski definition) is 6. The molecular formula is C70H39N3O2S. The number of para-hydroxylation sites is 2. The van der Waals surface area contributed by atoms with Gasteiger partial charge in [0.2, 0.25) is 0 Å². The van der Waals surface area contributed by atoms with Crippen LogP contribution in [-0.4, -0.2) is 15.0 Å². The molecule has 0 unspecified atom stereocenters. The molecular weight excluding hydrogens is 947 g/mol. The zero-order valence-electron chi connectivity index (χ0n) is 40.6. The Labute approximate surface area is 439 Å². The Morgan fingerprint density at radius 2 is 0.789 bits per heavy atom. The number of nitrogens with zero attached hydrogens (tertiary/aromatic N) is 3. The van der Waals surface area contributed by atoms with Crippen LogP contribution in [0.25, 0.3) is 143 Å². The third-order valence-corrected chi connectivity index (χ3v) is 17.4. The van der Waals surface area contributed by atoms with Crippen molar-refractivity contribution < 1.29 is 8.83 Å². The van der Waals surface area contributed by atoms with E-state index < -0.39 is 5.41 Å². The van der Waals surface area contributed by atoms with Gasteiger partial charge in [-0.05, 0) is 115 Å². The van der Waals surface area contributed by atoms with Gasteiger partial charge < -0.3 is 8.83 Å². The van der Waals surface area contributed by atoms with Gasteiger partial charge in [0, 0.05) is 58.4 Å². The van der Waals surface area contributed by atoms with Crippen LogP contribution in [0.3, 0.4) is 0 Å². The number of furan rings is 2. The molecule has 0 radical (unpaired) electrons. The minimum absolute atomic E-state index is 0.510. The fourth-order valence-electron chi connectivity index (χ4n) is 13.2. The summed E-state index contributed by atoms with van der Waals surface area (Å²) in [5.41, 5.74) is 20.0. The van der Waals surface area contributed by atoms with E-state index in [1.54, 1.807) is 11.3 Å². The van der Waals surface area contributed by atoms with Crippen LogP contribution in [-0.2, 0) is 5.41 Å². The van der Waals surface area contributed by atoms with E-state index in [1.165, 1.54) is 65.5 Å². The molecule has 0 saturated carbocycles. The molecule has 352 valence electrons. The molecule has 0 amide bonds. The molecule has 2 aliphatic rings. The number of thiophene rings is 1. The van der Waals surface area contributed by atoms with Gasteiger partial charge in [-0.1, -0.05) is 188 Å². The molecule has 17 rings (SSSR count). The molecule has 4 heterocycles. The summed E-state index contributed by atoms with van der Waals surface area (Å²) in [7, 11) is 0. The van der Waals surface area contributed by atoms with Gasteiger partial charge in [-0.2, -0.15) is 0 Å². The van der Waals surface area contributed by atoms with Crippen LogP contribution in [0.4, 0.5) is 0 Å². The summed E-state index contributed by atoms with van der Waals surface area (Å²) >= 11 is 1.77. The summed E-state index contributed by atoms with van der Waals surface area (Å²) in [6, 6.07) is 85.0. The fraction of sp³-hybridized carbons (Fsp3) is 0.0143. The normalized spacial score (nSPS) is 13.1. The lowest BCUT2D eigenvalue weighted by atomic mass is 9.68. The Balaban J connectivity index is 0.942. The lowest BCUT2D eigenvalue weighted by molar-refractivity contribution is 0.668. The van der Waals surface area contributed by atoms with Gasteiger partial charge in [-0.3, -0.25) is 0 Å². The number of fused-ring (bicyclic) bond motifs is 19. The van der Waals surface area contributed by atoms with Crippen molar-refractivity contribution in [3.05, 3.63) is 259 Å². The van der Waals surface area contributed by atoms with E-state index in [0.29, 0.717) is 17.5 Å². The van der Waals surface area contributed by atoms with Gasteiger partial charge in [0.05, 0.1) is 5.41 Å². The van der Waals surface area contributed by atoms with Crippen LogP contribution in [0.15, 0.2) is 245 Å².